The maximum absolute atomic E-state index is 14.0. The average molecular weight is 301 g/mol. The van der Waals surface area contributed by atoms with Crippen molar-refractivity contribution in [2.45, 2.75) is 12.3 Å². The van der Waals surface area contributed by atoms with Crippen molar-refractivity contribution in [1.82, 2.24) is 4.98 Å². The number of hydrogen-bond donors (Lipinski definition) is 1. The van der Waals surface area contributed by atoms with Gasteiger partial charge in [-0.05, 0) is 18.2 Å². The standard InChI is InChI=1S/C14H11F4NO2/c1-21-11-4-2-3-9(12(11)15)13(20)10-6-5-8(7-19-10)14(16,17)18/h2-7,13,20H,1H3. The van der Waals surface area contributed by atoms with E-state index in [9.17, 15) is 22.7 Å². The normalized spacial score (nSPS) is 13.0. The predicted molar refractivity (Wildman–Crippen MR) is 66.3 cm³/mol. The summed E-state index contributed by atoms with van der Waals surface area (Å²) in [7, 11) is 1.27. The summed E-state index contributed by atoms with van der Waals surface area (Å²) in [4.78, 5) is 3.54. The van der Waals surface area contributed by atoms with Crippen LogP contribution in [0.25, 0.3) is 0 Å². The first-order valence-electron chi connectivity index (χ1n) is 5.88. The Morgan fingerprint density at radius 1 is 1.19 bits per heavy atom. The van der Waals surface area contributed by atoms with E-state index in [4.69, 9.17) is 4.74 Å². The van der Waals surface area contributed by atoms with Gasteiger partial charge in [0.2, 0.25) is 0 Å². The number of alkyl halides is 3. The molecule has 1 aromatic carbocycles. The lowest BCUT2D eigenvalue weighted by atomic mass is 10.0. The second-order valence-electron chi connectivity index (χ2n) is 4.24. The summed E-state index contributed by atoms with van der Waals surface area (Å²) in [6.45, 7) is 0. The van der Waals surface area contributed by atoms with Crippen LogP contribution in [0.15, 0.2) is 36.5 Å². The topological polar surface area (TPSA) is 42.4 Å². The fourth-order valence-electron chi connectivity index (χ4n) is 1.79. The lowest BCUT2D eigenvalue weighted by molar-refractivity contribution is -0.137. The van der Waals surface area contributed by atoms with Gasteiger partial charge in [0.05, 0.1) is 18.4 Å². The number of halogens is 4. The van der Waals surface area contributed by atoms with Gasteiger partial charge in [-0.15, -0.1) is 0 Å². The van der Waals surface area contributed by atoms with Gasteiger partial charge >= 0.3 is 6.18 Å². The first-order valence-corrected chi connectivity index (χ1v) is 5.88. The zero-order valence-corrected chi connectivity index (χ0v) is 10.9. The number of ether oxygens (including phenoxy) is 1. The number of aliphatic hydroxyl groups is 1. The van der Waals surface area contributed by atoms with Gasteiger partial charge in [-0.1, -0.05) is 12.1 Å². The number of aromatic nitrogens is 1. The van der Waals surface area contributed by atoms with E-state index in [1.807, 2.05) is 0 Å². The summed E-state index contributed by atoms with van der Waals surface area (Å²) >= 11 is 0. The molecule has 0 saturated carbocycles. The van der Waals surface area contributed by atoms with Crippen LogP contribution >= 0.6 is 0 Å². The average Bonchev–Trinajstić information content (AvgIpc) is 2.46. The molecule has 1 N–H and O–H groups in total. The Balaban J connectivity index is 2.34. The van der Waals surface area contributed by atoms with Crippen molar-refractivity contribution in [3.63, 3.8) is 0 Å². The lowest BCUT2D eigenvalue weighted by Crippen LogP contribution is -2.09. The number of nitrogens with zero attached hydrogens (tertiary/aromatic N) is 1. The lowest BCUT2D eigenvalue weighted by Gasteiger charge is -2.14. The molecule has 1 heterocycles. The molecule has 0 amide bonds. The molecule has 1 atom stereocenters. The van der Waals surface area contributed by atoms with Gasteiger partial charge in [0.1, 0.15) is 6.10 Å². The van der Waals surface area contributed by atoms with E-state index >= 15 is 0 Å². The summed E-state index contributed by atoms with van der Waals surface area (Å²) in [5.74, 6) is -0.854. The van der Waals surface area contributed by atoms with Crippen LogP contribution in [-0.4, -0.2) is 17.2 Å². The van der Waals surface area contributed by atoms with Crippen LogP contribution in [0.3, 0.4) is 0 Å². The van der Waals surface area contributed by atoms with Gasteiger partial charge in [0, 0.05) is 11.8 Å². The SMILES string of the molecule is COc1cccc(C(O)c2ccc(C(F)(F)F)cn2)c1F. The van der Waals surface area contributed by atoms with E-state index in [-0.39, 0.29) is 17.0 Å². The first-order chi connectivity index (χ1) is 9.84. The summed E-state index contributed by atoms with van der Waals surface area (Å²) in [6.07, 6.45) is -5.41. The number of aliphatic hydroxyl groups excluding tert-OH is 1. The number of rotatable bonds is 3. The van der Waals surface area contributed by atoms with E-state index in [0.29, 0.717) is 6.20 Å². The number of methoxy groups -OCH3 is 1. The maximum Gasteiger partial charge on any atom is 0.417 e. The third-order valence-corrected chi connectivity index (χ3v) is 2.90. The minimum Gasteiger partial charge on any atom is -0.494 e. The fourth-order valence-corrected chi connectivity index (χ4v) is 1.79. The first kappa shape index (κ1) is 15.2. The zero-order chi connectivity index (χ0) is 15.6. The van der Waals surface area contributed by atoms with Crippen molar-refractivity contribution in [2.24, 2.45) is 0 Å². The molecule has 21 heavy (non-hydrogen) atoms. The van der Waals surface area contributed by atoms with E-state index in [0.717, 1.165) is 12.1 Å². The molecular formula is C14H11F4NO2. The van der Waals surface area contributed by atoms with Crippen LogP contribution in [0.5, 0.6) is 5.75 Å². The van der Waals surface area contributed by atoms with Crippen molar-refractivity contribution in [1.29, 1.82) is 0 Å². The van der Waals surface area contributed by atoms with Crippen LogP contribution < -0.4 is 4.74 Å². The Hall–Kier alpha value is -2.15. The molecule has 112 valence electrons. The maximum atomic E-state index is 14.0. The number of pyridine rings is 1. The summed E-state index contributed by atoms with van der Waals surface area (Å²) in [5.41, 5.74) is -1.15. The molecule has 0 fully saturated rings. The van der Waals surface area contributed by atoms with Gasteiger partial charge in [-0.3, -0.25) is 4.98 Å². The Bertz CT molecular complexity index is 626. The molecule has 0 aliphatic carbocycles. The zero-order valence-electron chi connectivity index (χ0n) is 10.9. The minimum atomic E-state index is -4.52. The molecule has 0 spiro atoms. The van der Waals surface area contributed by atoms with Crippen LogP contribution in [0.4, 0.5) is 17.6 Å². The molecule has 0 radical (unpaired) electrons. The van der Waals surface area contributed by atoms with Gasteiger partial charge < -0.3 is 9.84 Å². The van der Waals surface area contributed by atoms with Crippen LogP contribution in [0.2, 0.25) is 0 Å². The number of hydrogen-bond acceptors (Lipinski definition) is 3. The summed E-state index contributed by atoms with van der Waals surface area (Å²) < 4.78 is 56.0. The Kier molecular flexibility index (Phi) is 4.13. The molecule has 3 nitrogen and oxygen atoms in total. The highest BCUT2D eigenvalue weighted by atomic mass is 19.4. The van der Waals surface area contributed by atoms with Crippen LogP contribution in [0, 0.1) is 5.82 Å². The molecule has 0 bridgehead atoms. The minimum absolute atomic E-state index is 0.0709. The quantitative estimate of drug-likeness (QED) is 0.884. The van der Waals surface area contributed by atoms with Crippen molar-refractivity contribution in [3.05, 3.63) is 59.2 Å². The van der Waals surface area contributed by atoms with E-state index in [1.165, 1.54) is 25.3 Å². The molecule has 0 aliphatic heterocycles. The molecule has 1 aromatic heterocycles. The van der Waals surface area contributed by atoms with Crippen molar-refractivity contribution < 1.29 is 27.4 Å². The summed E-state index contributed by atoms with van der Waals surface area (Å²) in [6, 6.07) is 5.92. The fraction of sp³-hybridized carbons (Fsp3) is 0.214. The van der Waals surface area contributed by atoms with E-state index in [2.05, 4.69) is 4.98 Å². The van der Waals surface area contributed by atoms with Gasteiger partial charge in [0.25, 0.3) is 0 Å². The Morgan fingerprint density at radius 2 is 1.90 bits per heavy atom. The van der Waals surface area contributed by atoms with Crippen LogP contribution in [-0.2, 0) is 6.18 Å². The molecule has 1 unspecified atom stereocenters. The Morgan fingerprint density at radius 3 is 2.43 bits per heavy atom. The monoisotopic (exact) mass is 301 g/mol. The highest BCUT2D eigenvalue weighted by Gasteiger charge is 2.31. The van der Waals surface area contributed by atoms with Crippen LogP contribution in [0.1, 0.15) is 22.9 Å². The molecule has 7 heteroatoms. The summed E-state index contributed by atoms with van der Waals surface area (Å²) in [5, 5.41) is 10.0. The highest BCUT2D eigenvalue weighted by molar-refractivity contribution is 5.35. The highest BCUT2D eigenvalue weighted by Crippen LogP contribution is 2.31. The van der Waals surface area contributed by atoms with Crippen molar-refractivity contribution in [2.75, 3.05) is 7.11 Å². The molecule has 0 aliphatic rings. The molecule has 2 aromatic rings. The van der Waals surface area contributed by atoms with Gasteiger partial charge in [-0.25, -0.2) is 4.39 Å². The van der Waals surface area contributed by atoms with Gasteiger partial charge in [-0.2, -0.15) is 13.2 Å². The molecular weight excluding hydrogens is 290 g/mol. The second-order valence-corrected chi connectivity index (χ2v) is 4.24. The number of benzene rings is 1. The predicted octanol–water partition coefficient (Wildman–Crippen LogP) is 3.33. The van der Waals surface area contributed by atoms with E-state index in [1.54, 1.807) is 0 Å². The Labute approximate surface area is 117 Å². The molecule has 2 rings (SSSR count). The molecule has 0 saturated heterocycles. The third kappa shape index (κ3) is 3.13. The second kappa shape index (κ2) is 5.69. The van der Waals surface area contributed by atoms with Crippen molar-refractivity contribution in [3.8, 4) is 5.75 Å². The van der Waals surface area contributed by atoms with E-state index < -0.39 is 23.7 Å². The third-order valence-electron chi connectivity index (χ3n) is 2.90. The smallest absolute Gasteiger partial charge is 0.417 e. The van der Waals surface area contributed by atoms with Gasteiger partial charge in [0.15, 0.2) is 11.6 Å². The largest absolute Gasteiger partial charge is 0.494 e. The van der Waals surface area contributed by atoms with Crippen molar-refractivity contribution >= 4 is 0 Å².